The fourth-order valence-corrected chi connectivity index (χ4v) is 3.29. The highest BCUT2D eigenvalue weighted by Crippen LogP contribution is 2.26. The highest BCUT2D eigenvalue weighted by Gasteiger charge is 2.36. The van der Waals surface area contributed by atoms with Crippen LogP contribution in [0.2, 0.25) is 0 Å². The molecule has 0 aromatic heterocycles. The zero-order chi connectivity index (χ0) is 25.2. The number of nitrogens with one attached hydrogen (secondary N) is 2. The van der Waals surface area contributed by atoms with Gasteiger partial charge in [-0.3, -0.25) is 9.59 Å². The third-order valence-electron chi connectivity index (χ3n) is 4.64. The zero-order valence-electron chi connectivity index (χ0n) is 20.1. The molecule has 0 saturated heterocycles. The number of hydrogen-bond acceptors (Lipinski definition) is 6. The monoisotopic (exact) mass is 463 g/mol. The lowest BCUT2D eigenvalue weighted by molar-refractivity contribution is -0.142. The Morgan fingerprint density at radius 3 is 2.42 bits per heavy atom. The van der Waals surface area contributed by atoms with Gasteiger partial charge in [-0.15, -0.1) is 6.58 Å². The maximum Gasteiger partial charge on any atom is 0.408 e. The number of aromatic hydroxyl groups is 1. The van der Waals surface area contributed by atoms with Crippen molar-refractivity contribution in [3.63, 3.8) is 0 Å². The SMILES string of the molecule is C=CCN(C(=O)C(CO)NC(=O)OC(C)(C)C)C(C(=O)NC(C)CCC)c1cccc(O)c1. The van der Waals surface area contributed by atoms with E-state index in [9.17, 15) is 24.6 Å². The molecule has 3 atom stereocenters. The molecule has 33 heavy (non-hydrogen) atoms. The Kier molecular flexibility index (Phi) is 10.9. The van der Waals surface area contributed by atoms with Crippen molar-refractivity contribution in [2.75, 3.05) is 13.2 Å². The maximum atomic E-state index is 13.4. The minimum atomic E-state index is -1.35. The number of nitrogens with zero attached hydrogens (tertiary/aromatic N) is 1. The van der Waals surface area contributed by atoms with Gasteiger partial charge in [0.1, 0.15) is 23.4 Å². The molecule has 0 aliphatic carbocycles. The van der Waals surface area contributed by atoms with Crippen molar-refractivity contribution in [2.45, 2.75) is 71.2 Å². The number of phenolic OH excluding ortho intramolecular Hbond substituents is 1. The second-order valence-electron chi connectivity index (χ2n) is 8.86. The van der Waals surface area contributed by atoms with E-state index in [0.717, 1.165) is 12.8 Å². The molecule has 9 heteroatoms. The first kappa shape index (κ1) is 28.0. The van der Waals surface area contributed by atoms with Crippen LogP contribution in [0.4, 0.5) is 4.79 Å². The van der Waals surface area contributed by atoms with Gasteiger partial charge >= 0.3 is 6.09 Å². The van der Waals surface area contributed by atoms with E-state index < -0.39 is 42.2 Å². The molecule has 3 amide bonds. The standard InChI is InChI=1S/C24H37N3O6/c1-7-10-16(3)25-21(30)20(17-11-9-12-18(29)14-17)27(13-8-2)22(31)19(15-28)26-23(32)33-24(4,5)6/h8-9,11-12,14,16,19-20,28-29H,2,7,10,13,15H2,1,3-6H3,(H,25,30)(H,26,32). The number of alkyl carbamates (subject to hydrolysis) is 1. The molecule has 3 unspecified atom stereocenters. The van der Waals surface area contributed by atoms with Crippen LogP contribution in [0.3, 0.4) is 0 Å². The van der Waals surface area contributed by atoms with Gasteiger partial charge in [-0.2, -0.15) is 0 Å². The summed E-state index contributed by atoms with van der Waals surface area (Å²) in [6.45, 7) is 11.8. The minimum absolute atomic E-state index is 0.0404. The summed E-state index contributed by atoms with van der Waals surface area (Å²) in [7, 11) is 0. The van der Waals surface area contributed by atoms with E-state index in [0.29, 0.717) is 5.56 Å². The molecule has 0 spiro atoms. The van der Waals surface area contributed by atoms with Gasteiger partial charge in [-0.1, -0.05) is 31.6 Å². The number of aliphatic hydroxyl groups is 1. The van der Waals surface area contributed by atoms with Gasteiger partial charge < -0.3 is 30.5 Å². The second-order valence-corrected chi connectivity index (χ2v) is 8.86. The molecular weight excluding hydrogens is 426 g/mol. The Bertz CT molecular complexity index is 821. The Labute approximate surface area is 195 Å². The summed E-state index contributed by atoms with van der Waals surface area (Å²) in [5.74, 6) is -1.22. The largest absolute Gasteiger partial charge is 0.508 e. The molecule has 184 valence electrons. The number of benzene rings is 1. The fraction of sp³-hybridized carbons (Fsp3) is 0.542. The second kappa shape index (κ2) is 12.8. The quantitative estimate of drug-likeness (QED) is 0.374. The van der Waals surface area contributed by atoms with Crippen LogP contribution in [-0.2, 0) is 14.3 Å². The Morgan fingerprint density at radius 2 is 1.91 bits per heavy atom. The minimum Gasteiger partial charge on any atom is -0.508 e. The van der Waals surface area contributed by atoms with Crippen molar-refractivity contribution in [3.05, 3.63) is 42.5 Å². The first-order valence-corrected chi connectivity index (χ1v) is 11.0. The number of ether oxygens (including phenoxy) is 1. The van der Waals surface area contributed by atoms with Crippen molar-refractivity contribution in [3.8, 4) is 5.75 Å². The van der Waals surface area contributed by atoms with Gasteiger partial charge in [-0.25, -0.2) is 4.79 Å². The van der Waals surface area contributed by atoms with Crippen LogP contribution < -0.4 is 10.6 Å². The fourth-order valence-electron chi connectivity index (χ4n) is 3.29. The van der Waals surface area contributed by atoms with Crippen LogP contribution in [0.5, 0.6) is 5.75 Å². The topological polar surface area (TPSA) is 128 Å². The molecule has 0 saturated carbocycles. The summed E-state index contributed by atoms with van der Waals surface area (Å²) < 4.78 is 5.18. The van der Waals surface area contributed by atoms with Crippen LogP contribution in [0.15, 0.2) is 36.9 Å². The summed E-state index contributed by atoms with van der Waals surface area (Å²) in [6.07, 6.45) is 2.18. The van der Waals surface area contributed by atoms with Crippen molar-refractivity contribution in [2.24, 2.45) is 0 Å². The van der Waals surface area contributed by atoms with E-state index in [1.54, 1.807) is 32.9 Å². The highest BCUT2D eigenvalue weighted by molar-refractivity contribution is 5.92. The van der Waals surface area contributed by atoms with Crippen LogP contribution in [-0.4, -0.2) is 63.9 Å². The third-order valence-corrected chi connectivity index (χ3v) is 4.64. The van der Waals surface area contributed by atoms with Crippen LogP contribution >= 0.6 is 0 Å². The van der Waals surface area contributed by atoms with E-state index in [2.05, 4.69) is 17.2 Å². The normalized spacial score (nSPS) is 13.9. The Morgan fingerprint density at radius 1 is 1.24 bits per heavy atom. The molecule has 0 heterocycles. The summed E-state index contributed by atoms with van der Waals surface area (Å²) in [5.41, 5.74) is -0.423. The predicted octanol–water partition coefficient (Wildman–Crippen LogP) is 2.64. The van der Waals surface area contributed by atoms with Gasteiger partial charge in [0.15, 0.2) is 0 Å². The molecule has 0 aliphatic heterocycles. The lowest BCUT2D eigenvalue weighted by Crippen LogP contribution is -2.54. The van der Waals surface area contributed by atoms with E-state index in [4.69, 9.17) is 4.74 Å². The van der Waals surface area contributed by atoms with Gasteiger partial charge in [0.2, 0.25) is 11.8 Å². The molecular formula is C24H37N3O6. The first-order chi connectivity index (χ1) is 15.4. The molecule has 0 aliphatic rings. The number of carbonyl (C=O) groups excluding carboxylic acids is 3. The van der Waals surface area contributed by atoms with E-state index in [-0.39, 0.29) is 18.3 Å². The molecule has 1 aromatic carbocycles. The van der Waals surface area contributed by atoms with Gasteiger partial charge in [0.25, 0.3) is 0 Å². The smallest absolute Gasteiger partial charge is 0.408 e. The maximum absolute atomic E-state index is 13.4. The lowest BCUT2D eigenvalue weighted by atomic mass is 10.0. The number of aliphatic hydroxyl groups excluding tert-OH is 1. The summed E-state index contributed by atoms with van der Waals surface area (Å²) >= 11 is 0. The molecule has 0 bridgehead atoms. The average molecular weight is 464 g/mol. The molecule has 1 rings (SSSR count). The van der Waals surface area contributed by atoms with Gasteiger partial charge in [0, 0.05) is 12.6 Å². The molecule has 4 N–H and O–H groups in total. The van der Waals surface area contributed by atoms with Crippen LogP contribution in [0.1, 0.15) is 59.1 Å². The molecule has 0 fully saturated rings. The van der Waals surface area contributed by atoms with Crippen molar-refractivity contribution >= 4 is 17.9 Å². The summed E-state index contributed by atoms with van der Waals surface area (Å²) in [5, 5.41) is 25.1. The zero-order valence-corrected chi connectivity index (χ0v) is 20.1. The number of amides is 3. The number of rotatable bonds is 11. The average Bonchev–Trinajstić information content (AvgIpc) is 2.70. The van der Waals surface area contributed by atoms with E-state index in [1.807, 2.05) is 13.8 Å². The third kappa shape index (κ3) is 9.13. The van der Waals surface area contributed by atoms with Gasteiger partial charge in [0.05, 0.1) is 6.61 Å². The lowest BCUT2D eigenvalue weighted by Gasteiger charge is -2.34. The molecule has 0 radical (unpaired) electrons. The number of phenols is 1. The van der Waals surface area contributed by atoms with Crippen LogP contribution in [0.25, 0.3) is 0 Å². The van der Waals surface area contributed by atoms with Crippen molar-refractivity contribution < 1.29 is 29.3 Å². The molecule has 9 nitrogen and oxygen atoms in total. The van der Waals surface area contributed by atoms with Crippen LogP contribution in [0, 0.1) is 0 Å². The Hall–Kier alpha value is -3.07. The first-order valence-electron chi connectivity index (χ1n) is 11.0. The van der Waals surface area contributed by atoms with Crippen molar-refractivity contribution in [1.82, 2.24) is 15.5 Å². The summed E-state index contributed by atoms with van der Waals surface area (Å²) in [4.78, 5) is 40.1. The van der Waals surface area contributed by atoms with Gasteiger partial charge in [-0.05, 0) is 51.8 Å². The van der Waals surface area contributed by atoms with E-state index >= 15 is 0 Å². The molecule has 1 aromatic rings. The van der Waals surface area contributed by atoms with Crippen molar-refractivity contribution in [1.29, 1.82) is 0 Å². The number of carbonyl (C=O) groups is 3. The predicted molar refractivity (Wildman–Crippen MR) is 126 cm³/mol. The number of hydrogen-bond donors (Lipinski definition) is 4. The Balaban J connectivity index is 3.32. The highest BCUT2D eigenvalue weighted by atomic mass is 16.6. The van der Waals surface area contributed by atoms with E-state index in [1.165, 1.54) is 23.1 Å². The summed E-state index contributed by atoms with van der Waals surface area (Å²) in [6, 6.07) is 3.42.